The molecule has 0 saturated carbocycles. The lowest BCUT2D eigenvalue weighted by Gasteiger charge is -2.20. The highest BCUT2D eigenvalue weighted by Gasteiger charge is 2.19. The summed E-state index contributed by atoms with van der Waals surface area (Å²) in [6.45, 7) is 2.83. The Morgan fingerprint density at radius 3 is 2.52 bits per heavy atom. The third-order valence-electron chi connectivity index (χ3n) is 4.28. The van der Waals surface area contributed by atoms with E-state index in [1.54, 1.807) is 42.5 Å². The van der Waals surface area contributed by atoms with Crippen LogP contribution < -0.4 is 19.5 Å². The summed E-state index contributed by atoms with van der Waals surface area (Å²) in [5, 5.41) is 10.5. The van der Waals surface area contributed by atoms with E-state index in [0.717, 1.165) is 11.3 Å². The van der Waals surface area contributed by atoms with Gasteiger partial charge in [-0.05, 0) is 42.8 Å². The highest BCUT2D eigenvalue weighted by atomic mass is 16.6. The van der Waals surface area contributed by atoms with Gasteiger partial charge in [0.1, 0.15) is 31.6 Å². The normalized spacial score (nSPS) is 12.5. The Kier molecular flexibility index (Phi) is 4.37. The molecule has 138 valence electrons. The van der Waals surface area contributed by atoms with Crippen LogP contribution in [0, 0.1) is 6.92 Å². The topological polar surface area (TPSA) is 87.5 Å². The number of benzene rings is 2. The first-order valence-electron chi connectivity index (χ1n) is 8.40. The van der Waals surface area contributed by atoms with Gasteiger partial charge in [0, 0.05) is 5.56 Å². The summed E-state index contributed by atoms with van der Waals surface area (Å²) in [5.41, 5.74) is 2.65. The summed E-state index contributed by atoms with van der Waals surface area (Å²) in [6.07, 6.45) is 3.16. The second kappa shape index (κ2) is 6.99. The van der Waals surface area contributed by atoms with Crippen LogP contribution in [0.3, 0.4) is 0 Å². The standard InChI is InChI=1S/C19H18N4O4/c1-12-7-17-18(27-6-5-26-17)9-14(12)19(24)22-15-8-13(3-4-16(15)25-2)23-10-20-21-11-23/h3-4,7-11H,5-6H2,1-2H3,(H,22,24). The van der Waals surface area contributed by atoms with Gasteiger partial charge in [0.25, 0.3) is 5.91 Å². The molecule has 1 amide bonds. The summed E-state index contributed by atoms with van der Waals surface area (Å²) >= 11 is 0. The van der Waals surface area contributed by atoms with Crippen LogP contribution >= 0.6 is 0 Å². The van der Waals surface area contributed by atoms with Crippen molar-refractivity contribution in [2.75, 3.05) is 25.6 Å². The molecule has 0 unspecified atom stereocenters. The van der Waals surface area contributed by atoms with Crippen LogP contribution in [0.2, 0.25) is 0 Å². The van der Waals surface area contributed by atoms with Crippen molar-refractivity contribution in [1.29, 1.82) is 0 Å². The van der Waals surface area contributed by atoms with E-state index in [-0.39, 0.29) is 5.91 Å². The zero-order valence-corrected chi connectivity index (χ0v) is 14.9. The molecule has 3 aromatic rings. The smallest absolute Gasteiger partial charge is 0.256 e. The van der Waals surface area contributed by atoms with Gasteiger partial charge in [-0.25, -0.2) is 0 Å². The van der Waals surface area contributed by atoms with E-state index < -0.39 is 0 Å². The van der Waals surface area contributed by atoms with E-state index in [0.29, 0.717) is 41.7 Å². The van der Waals surface area contributed by atoms with Crippen LogP contribution in [0.15, 0.2) is 43.0 Å². The fraction of sp³-hybridized carbons (Fsp3) is 0.211. The number of hydrogen-bond donors (Lipinski definition) is 1. The number of carbonyl (C=O) groups excluding carboxylic acids is 1. The number of nitrogens with one attached hydrogen (secondary N) is 1. The van der Waals surface area contributed by atoms with Gasteiger partial charge in [-0.3, -0.25) is 9.36 Å². The molecule has 8 heteroatoms. The Bertz CT molecular complexity index is 986. The van der Waals surface area contributed by atoms with Crippen molar-refractivity contribution >= 4 is 11.6 Å². The number of fused-ring (bicyclic) bond motifs is 1. The van der Waals surface area contributed by atoms with Crippen molar-refractivity contribution in [2.45, 2.75) is 6.92 Å². The van der Waals surface area contributed by atoms with E-state index in [2.05, 4.69) is 15.5 Å². The lowest BCUT2D eigenvalue weighted by Crippen LogP contribution is -2.18. The predicted octanol–water partition coefficient (Wildman–Crippen LogP) is 2.61. The third-order valence-corrected chi connectivity index (χ3v) is 4.28. The molecular weight excluding hydrogens is 348 g/mol. The van der Waals surface area contributed by atoms with Gasteiger partial charge in [-0.15, -0.1) is 10.2 Å². The summed E-state index contributed by atoms with van der Waals surface area (Å²) in [5.74, 6) is 1.52. The number of hydrogen-bond acceptors (Lipinski definition) is 6. The number of methoxy groups -OCH3 is 1. The fourth-order valence-corrected chi connectivity index (χ4v) is 2.91. The van der Waals surface area contributed by atoms with Gasteiger partial charge >= 0.3 is 0 Å². The van der Waals surface area contributed by atoms with Gasteiger partial charge in [0.05, 0.1) is 18.5 Å². The second-order valence-electron chi connectivity index (χ2n) is 6.02. The lowest BCUT2D eigenvalue weighted by molar-refractivity contribution is 0.102. The predicted molar refractivity (Wildman–Crippen MR) is 98.0 cm³/mol. The Balaban J connectivity index is 1.65. The molecule has 1 N–H and O–H groups in total. The monoisotopic (exact) mass is 366 g/mol. The van der Waals surface area contributed by atoms with E-state index in [4.69, 9.17) is 14.2 Å². The van der Waals surface area contributed by atoms with Crippen LogP contribution in [0.5, 0.6) is 17.2 Å². The van der Waals surface area contributed by atoms with E-state index >= 15 is 0 Å². The van der Waals surface area contributed by atoms with E-state index in [9.17, 15) is 4.79 Å². The first-order chi connectivity index (χ1) is 13.2. The van der Waals surface area contributed by atoms with Crippen molar-refractivity contribution in [3.63, 3.8) is 0 Å². The lowest BCUT2D eigenvalue weighted by atomic mass is 10.1. The Labute approximate surface area is 155 Å². The molecule has 2 aromatic carbocycles. The summed E-state index contributed by atoms with van der Waals surface area (Å²) in [6, 6.07) is 8.95. The molecule has 1 aliphatic heterocycles. The van der Waals surface area contributed by atoms with Crippen molar-refractivity contribution in [1.82, 2.24) is 14.8 Å². The minimum absolute atomic E-state index is 0.260. The van der Waals surface area contributed by atoms with Crippen LogP contribution in [-0.2, 0) is 0 Å². The molecule has 2 heterocycles. The van der Waals surface area contributed by atoms with E-state index in [1.807, 2.05) is 19.1 Å². The minimum atomic E-state index is -0.260. The number of carbonyl (C=O) groups is 1. The molecule has 0 fully saturated rings. The fourth-order valence-electron chi connectivity index (χ4n) is 2.91. The molecule has 0 aliphatic carbocycles. The number of amides is 1. The zero-order chi connectivity index (χ0) is 18.8. The largest absolute Gasteiger partial charge is 0.495 e. The molecule has 4 rings (SSSR count). The molecule has 8 nitrogen and oxygen atoms in total. The van der Waals surface area contributed by atoms with Gasteiger partial charge in [0.15, 0.2) is 11.5 Å². The minimum Gasteiger partial charge on any atom is -0.495 e. The Morgan fingerprint density at radius 2 is 1.81 bits per heavy atom. The summed E-state index contributed by atoms with van der Waals surface area (Å²) in [7, 11) is 1.55. The van der Waals surface area contributed by atoms with Crippen LogP contribution in [0.25, 0.3) is 5.69 Å². The number of anilines is 1. The van der Waals surface area contributed by atoms with Crippen molar-refractivity contribution < 1.29 is 19.0 Å². The van der Waals surface area contributed by atoms with Crippen molar-refractivity contribution in [3.8, 4) is 22.9 Å². The highest BCUT2D eigenvalue weighted by Crippen LogP contribution is 2.34. The number of nitrogens with zero attached hydrogens (tertiary/aromatic N) is 3. The van der Waals surface area contributed by atoms with Crippen LogP contribution in [0.1, 0.15) is 15.9 Å². The maximum Gasteiger partial charge on any atom is 0.256 e. The molecule has 0 saturated heterocycles. The maximum absolute atomic E-state index is 12.9. The number of rotatable bonds is 4. The van der Waals surface area contributed by atoms with Gasteiger partial charge in [-0.1, -0.05) is 0 Å². The molecule has 0 bridgehead atoms. The van der Waals surface area contributed by atoms with Gasteiger partial charge in [-0.2, -0.15) is 0 Å². The average molecular weight is 366 g/mol. The third kappa shape index (κ3) is 3.29. The highest BCUT2D eigenvalue weighted by molar-refractivity contribution is 6.06. The van der Waals surface area contributed by atoms with Crippen molar-refractivity contribution in [2.24, 2.45) is 0 Å². The molecule has 0 spiro atoms. The maximum atomic E-state index is 12.9. The SMILES string of the molecule is COc1ccc(-n2cnnc2)cc1NC(=O)c1cc2c(cc1C)OCCO2. The van der Waals surface area contributed by atoms with Gasteiger partial charge < -0.3 is 19.5 Å². The number of aromatic nitrogens is 3. The first kappa shape index (κ1) is 16.9. The molecule has 0 atom stereocenters. The van der Waals surface area contributed by atoms with Gasteiger partial charge in [0.2, 0.25) is 0 Å². The number of ether oxygens (including phenoxy) is 3. The average Bonchev–Trinajstić information content (AvgIpc) is 3.22. The number of aryl methyl sites for hydroxylation is 1. The van der Waals surface area contributed by atoms with E-state index in [1.165, 1.54) is 0 Å². The molecule has 1 aliphatic rings. The quantitative estimate of drug-likeness (QED) is 0.764. The second-order valence-corrected chi connectivity index (χ2v) is 6.02. The Morgan fingerprint density at radius 1 is 1.11 bits per heavy atom. The van der Waals surface area contributed by atoms with Crippen LogP contribution in [0.4, 0.5) is 5.69 Å². The van der Waals surface area contributed by atoms with Crippen molar-refractivity contribution in [3.05, 3.63) is 54.1 Å². The molecule has 1 aromatic heterocycles. The molecule has 0 radical (unpaired) electrons. The summed E-state index contributed by atoms with van der Waals surface area (Å²) < 4.78 is 18.3. The summed E-state index contributed by atoms with van der Waals surface area (Å²) in [4.78, 5) is 12.9. The van der Waals surface area contributed by atoms with Crippen LogP contribution in [-0.4, -0.2) is 41.0 Å². The molecule has 27 heavy (non-hydrogen) atoms. The molecular formula is C19H18N4O4. The Hall–Kier alpha value is -3.55. The zero-order valence-electron chi connectivity index (χ0n) is 14.9. The first-order valence-corrected chi connectivity index (χ1v) is 8.40.